The summed E-state index contributed by atoms with van der Waals surface area (Å²) in [5, 5.41) is 8.80. The van der Waals surface area contributed by atoms with Crippen molar-refractivity contribution < 1.29 is 9.26 Å². The van der Waals surface area contributed by atoms with Gasteiger partial charge in [0.25, 0.3) is 0 Å². The van der Waals surface area contributed by atoms with Crippen LogP contribution < -0.4 is 10.1 Å². The molecule has 106 valence electrons. The van der Waals surface area contributed by atoms with Gasteiger partial charge < -0.3 is 19.5 Å². The minimum Gasteiger partial charge on any atom is -0.497 e. The van der Waals surface area contributed by atoms with Crippen LogP contribution in [-0.4, -0.2) is 42.8 Å². The monoisotopic (exact) mass is 273 g/mol. The molecule has 0 amide bonds. The van der Waals surface area contributed by atoms with Gasteiger partial charge in [0, 0.05) is 18.7 Å². The Hall–Kier alpha value is -1.75. The second-order valence-electron chi connectivity index (χ2n) is 5.78. The summed E-state index contributed by atoms with van der Waals surface area (Å²) in [5.41, 5.74) is 0.771. The van der Waals surface area contributed by atoms with Gasteiger partial charge in [-0.05, 0) is 44.0 Å². The van der Waals surface area contributed by atoms with Crippen LogP contribution in [0, 0.1) is 5.92 Å². The highest BCUT2D eigenvalue weighted by molar-refractivity contribution is 5.89. The lowest BCUT2D eigenvalue weighted by molar-refractivity contribution is 0.0973. The molecule has 0 unspecified atom stereocenters. The van der Waals surface area contributed by atoms with Gasteiger partial charge in [0.15, 0.2) is 11.4 Å². The van der Waals surface area contributed by atoms with Crippen molar-refractivity contribution >= 4 is 16.8 Å². The molecule has 1 aromatic carbocycles. The molecular weight excluding hydrogens is 254 g/mol. The second kappa shape index (κ2) is 4.66. The highest BCUT2D eigenvalue weighted by Gasteiger charge is 2.34. The van der Waals surface area contributed by atoms with E-state index in [0.717, 1.165) is 35.0 Å². The normalized spacial score (nSPS) is 28.8. The Labute approximate surface area is 117 Å². The van der Waals surface area contributed by atoms with Crippen LogP contribution in [0.2, 0.25) is 0 Å². The van der Waals surface area contributed by atoms with Gasteiger partial charge in [0.2, 0.25) is 0 Å². The summed E-state index contributed by atoms with van der Waals surface area (Å²) in [7, 11) is 1.66. The number of nitrogens with one attached hydrogen (secondary N) is 1. The number of nitrogens with zero attached hydrogens (tertiary/aromatic N) is 2. The number of hydrogen-bond acceptors (Lipinski definition) is 5. The van der Waals surface area contributed by atoms with Crippen molar-refractivity contribution in [3.05, 3.63) is 18.2 Å². The van der Waals surface area contributed by atoms with Gasteiger partial charge in [-0.15, -0.1) is 0 Å². The highest BCUT2D eigenvalue weighted by atomic mass is 16.5. The predicted molar refractivity (Wildman–Crippen MR) is 77.1 cm³/mol. The van der Waals surface area contributed by atoms with E-state index in [4.69, 9.17) is 9.26 Å². The van der Waals surface area contributed by atoms with Crippen molar-refractivity contribution in [2.75, 3.05) is 32.1 Å². The third-order valence-electron chi connectivity index (χ3n) is 4.66. The van der Waals surface area contributed by atoms with E-state index in [0.29, 0.717) is 6.04 Å². The van der Waals surface area contributed by atoms with Crippen LogP contribution in [0.3, 0.4) is 0 Å². The SMILES string of the molecule is COc1ccc2c(N[C@H]3CN4CCC3CC4)noc2c1. The molecule has 0 spiro atoms. The molecule has 2 bridgehead atoms. The maximum Gasteiger partial charge on any atom is 0.177 e. The van der Waals surface area contributed by atoms with Gasteiger partial charge in [-0.25, -0.2) is 0 Å². The summed E-state index contributed by atoms with van der Waals surface area (Å²) in [6.07, 6.45) is 2.59. The van der Waals surface area contributed by atoms with Gasteiger partial charge in [-0.1, -0.05) is 5.16 Å². The number of methoxy groups -OCH3 is 1. The fourth-order valence-electron chi connectivity index (χ4n) is 3.45. The van der Waals surface area contributed by atoms with Gasteiger partial charge in [0.05, 0.1) is 12.5 Å². The first-order chi connectivity index (χ1) is 9.83. The van der Waals surface area contributed by atoms with E-state index in [1.54, 1.807) is 7.11 Å². The average Bonchev–Trinajstić information content (AvgIpc) is 2.91. The third kappa shape index (κ3) is 1.93. The van der Waals surface area contributed by atoms with Crippen molar-refractivity contribution in [1.82, 2.24) is 10.1 Å². The first-order valence-corrected chi connectivity index (χ1v) is 7.26. The van der Waals surface area contributed by atoms with E-state index in [2.05, 4.69) is 15.4 Å². The van der Waals surface area contributed by atoms with Gasteiger partial charge in [-0.3, -0.25) is 0 Å². The largest absolute Gasteiger partial charge is 0.497 e. The zero-order valence-corrected chi connectivity index (χ0v) is 11.6. The number of rotatable bonds is 3. The molecule has 3 fully saturated rings. The minimum atomic E-state index is 0.493. The molecule has 0 radical (unpaired) electrons. The molecule has 1 aromatic heterocycles. The summed E-state index contributed by atoms with van der Waals surface area (Å²) in [6.45, 7) is 3.62. The summed E-state index contributed by atoms with van der Waals surface area (Å²) in [4.78, 5) is 2.53. The Morgan fingerprint density at radius 3 is 2.90 bits per heavy atom. The van der Waals surface area contributed by atoms with Crippen LogP contribution in [0.15, 0.2) is 22.7 Å². The minimum absolute atomic E-state index is 0.493. The van der Waals surface area contributed by atoms with Crippen LogP contribution in [0.4, 0.5) is 5.82 Å². The van der Waals surface area contributed by atoms with E-state index in [1.807, 2.05) is 18.2 Å². The molecule has 3 saturated heterocycles. The number of fused-ring (bicyclic) bond motifs is 4. The molecule has 3 aliphatic rings. The summed E-state index contributed by atoms with van der Waals surface area (Å²) < 4.78 is 10.6. The number of piperidine rings is 3. The lowest BCUT2D eigenvalue weighted by Gasteiger charge is -2.44. The molecule has 4 heterocycles. The zero-order valence-electron chi connectivity index (χ0n) is 11.6. The van der Waals surface area contributed by atoms with Crippen LogP contribution in [0.25, 0.3) is 11.0 Å². The van der Waals surface area contributed by atoms with E-state index < -0.39 is 0 Å². The smallest absolute Gasteiger partial charge is 0.177 e. The Kier molecular flexibility index (Phi) is 2.80. The van der Waals surface area contributed by atoms with Crippen molar-refractivity contribution in [3.63, 3.8) is 0 Å². The van der Waals surface area contributed by atoms with Crippen LogP contribution in [0.1, 0.15) is 12.8 Å². The van der Waals surface area contributed by atoms with Crippen molar-refractivity contribution in [2.45, 2.75) is 18.9 Å². The van der Waals surface area contributed by atoms with E-state index in [1.165, 1.54) is 25.9 Å². The quantitative estimate of drug-likeness (QED) is 0.930. The first-order valence-electron chi connectivity index (χ1n) is 7.26. The van der Waals surface area contributed by atoms with Gasteiger partial charge in [-0.2, -0.15) is 0 Å². The van der Waals surface area contributed by atoms with E-state index >= 15 is 0 Å². The lowest BCUT2D eigenvalue weighted by Crippen LogP contribution is -2.53. The topological polar surface area (TPSA) is 50.5 Å². The molecule has 1 N–H and O–H groups in total. The predicted octanol–water partition coefficient (Wildman–Crippen LogP) is 2.34. The molecule has 0 saturated carbocycles. The summed E-state index contributed by atoms with van der Waals surface area (Å²) in [5.74, 6) is 2.43. The molecule has 5 heteroatoms. The fraction of sp³-hybridized carbons (Fsp3) is 0.533. The Balaban J connectivity index is 1.59. The molecule has 5 nitrogen and oxygen atoms in total. The third-order valence-corrected chi connectivity index (χ3v) is 4.66. The van der Waals surface area contributed by atoms with Crippen LogP contribution in [-0.2, 0) is 0 Å². The zero-order chi connectivity index (χ0) is 13.5. The van der Waals surface area contributed by atoms with Gasteiger partial charge >= 0.3 is 0 Å². The van der Waals surface area contributed by atoms with Crippen LogP contribution in [0.5, 0.6) is 5.75 Å². The maximum absolute atomic E-state index is 5.41. The Morgan fingerprint density at radius 2 is 2.20 bits per heavy atom. The molecule has 20 heavy (non-hydrogen) atoms. The molecule has 0 aliphatic carbocycles. The maximum atomic E-state index is 5.41. The number of benzene rings is 1. The van der Waals surface area contributed by atoms with Crippen molar-refractivity contribution in [3.8, 4) is 5.75 Å². The molecule has 3 aliphatic heterocycles. The molecular formula is C15H19N3O2. The number of ether oxygens (including phenoxy) is 1. The summed E-state index contributed by atoms with van der Waals surface area (Å²) >= 11 is 0. The van der Waals surface area contributed by atoms with Crippen molar-refractivity contribution in [2.24, 2.45) is 5.92 Å². The number of aromatic nitrogens is 1. The Morgan fingerprint density at radius 1 is 1.35 bits per heavy atom. The van der Waals surface area contributed by atoms with Gasteiger partial charge in [0.1, 0.15) is 5.75 Å². The number of anilines is 1. The highest BCUT2D eigenvalue weighted by Crippen LogP contribution is 2.32. The average molecular weight is 273 g/mol. The second-order valence-corrected chi connectivity index (χ2v) is 5.78. The van der Waals surface area contributed by atoms with Crippen LogP contribution >= 0.6 is 0 Å². The van der Waals surface area contributed by atoms with Crippen molar-refractivity contribution in [1.29, 1.82) is 0 Å². The first kappa shape index (κ1) is 12.0. The lowest BCUT2D eigenvalue weighted by atomic mass is 9.84. The van der Waals surface area contributed by atoms with E-state index in [9.17, 15) is 0 Å². The summed E-state index contributed by atoms with van der Waals surface area (Å²) in [6, 6.07) is 6.33. The Bertz CT molecular complexity index is 617. The molecule has 1 atom stereocenters. The molecule has 2 aromatic rings. The standard InChI is InChI=1S/C15H19N3O2/c1-19-11-2-3-12-14(8-11)20-17-15(12)16-13-9-18-6-4-10(13)5-7-18/h2-3,8,10,13H,4-7,9H2,1H3,(H,16,17)/t13-/m0/s1. The fourth-order valence-corrected chi connectivity index (χ4v) is 3.45. The molecule has 5 rings (SSSR count). The number of hydrogen-bond donors (Lipinski definition) is 1. The van der Waals surface area contributed by atoms with E-state index in [-0.39, 0.29) is 0 Å².